The van der Waals surface area contributed by atoms with Crippen LogP contribution in [0.25, 0.3) is 0 Å². The maximum Gasteiger partial charge on any atom is 0.152 e. The van der Waals surface area contributed by atoms with Gasteiger partial charge in [-0.1, -0.05) is 29.8 Å². The third kappa shape index (κ3) is 3.42. The summed E-state index contributed by atoms with van der Waals surface area (Å²) in [6.07, 6.45) is 2.57. The molecule has 20 heavy (non-hydrogen) atoms. The number of ether oxygens (including phenoxy) is 1. The van der Waals surface area contributed by atoms with E-state index >= 15 is 0 Å². The van der Waals surface area contributed by atoms with Crippen molar-refractivity contribution < 1.29 is 4.74 Å². The van der Waals surface area contributed by atoms with Gasteiger partial charge in [0.05, 0.1) is 12.8 Å². The van der Waals surface area contributed by atoms with Crippen molar-refractivity contribution in [2.45, 2.75) is 26.3 Å². The van der Waals surface area contributed by atoms with E-state index < -0.39 is 0 Å². The molecule has 0 aliphatic heterocycles. The van der Waals surface area contributed by atoms with E-state index in [0.29, 0.717) is 5.15 Å². The van der Waals surface area contributed by atoms with Gasteiger partial charge in [-0.05, 0) is 43.5 Å². The summed E-state index contributed by atoms with van der Waals surface area (Å²) in [7, 11) is 1.69. The summed E-state index contributed by atoms with van der Waals surface area (Å²) in [5.41, 5.74) is 3.17. The number of aryl methyl sites for hydroxylation is 1. The molecule has 2 aromatic rings. The van der Waals surface area contributed by atoms with E-state index in [1.54, 1.807) is 13.3 Å². The van der Waals surface area contributed by atoms with Gasteiger partial charge in [0.25, 0.3) is 0 Å². The van der Waals surface area contributed by atoms with Crippen LogP contribution in [0.15, 0.2) is 36.5 Å². The van der Waals surface area contributed by atoms with Crippen LogP contribution in [0.4, 0.5) is 5.69 Å². The number of pyridine rings is 1. The molecule has 0 spiro atoms. The molecular weight excluding hydrogens is 272 g/mol. The molecule has 1 N–H and O–H groups in total. The van der Waals surface area contributed by atoms with Gasteiger partial charge in [0.2, 0.25) is 0 Å². The minimum Gasteiger partial charge on any atom is -0.496 e. The second-order valence-corrected chi connectivity index (χ2v) is 5.21. The monoisotopic (exact) mass is 290 g/mol. The first-order valence-electron chi connectivity index (χ1n) is 6.61. The first kappa shape index (κ1) is 14.7. The number of rotatable bonds is 5. The summed E-state index contributed by atoms with van der Waals surface area (Å²) in [5.74, 6) is 0.912. The number of nitrogens with zero attached hydrogens (tertiary/aromatic N) is 1. The first-order chi connectivity index (χ1) is 9.61. The molecule has 1 unspecified atom stereocenters. The minimum atomic E-state index is 0.228. The number of anilines is 1. The minimum absolute atomic E-state index is 0.228. The van der Waals surface area contributed by atoms with Crippen molar-refractivity contribution >= 4 is 17.3 Å². The molecule has 0 fully saturated rings. The lowest BCUT2D eigenvalue weighted by atomic mass is 10.1. The predicted molar refractivity (Wildman–Crippen MR) is 83.8 cm³/mol. The zero-order valence-electron chi connectivity index (χ0n) is 12.0. The van der Waals surface area contributed by atoms with E-state index in [1.165, 1.54) is 5.56 Å². The predicted octanol–water partition coefficient (Wildman–Crippen LogP) is 4.10. The van der Waals surface area contributed by atoms with Gasteiger partial charge in [0.1, 0.15) is 5.75 Å². The van der Waals surface area contributed by atoms with Crippen molar-refractivity contribution in [3.05, 3.63) is 52.8 Å². The molecular formula is C16H19ClN2O. The Balaban J connectivity index is 2.11. The third-order valence-corrected chi connectivity index (χ3v) is 3.51. The molecule has 1 aromatic heterocycles. The Hall–Kier alpha value is -1.74. The van der Waals surface area contributed by atoms with Crippen LogP contribution < -0.4 is 10.1 Å². The highest BCUT2D eigenvalue weighted by Crippen LogP contribution is 2.25. The summed E-state index contributed by atoms with van der Waals surface area (Å²) >= 11 is 6.14. The summed E-state index contributed by atoms with van der Waals surface area (Å²) in [6, 6.07) is 10.2. The Morgan fingerprint density at radius 1 is 1.30 bits per heavy atom. The van der Waals surface area contributed by atoms with Gasteiger partial charge in [-0.15, -0.1) is 0 Å². The molecule has 2 rings (SSSR count). The molecule has 0 radical (unpaired) electrons. The normalized spacial score (nSPS) is 12.0. The maximum atomic E-state index is 6.14. The van der Waals surface area contributed by atoms with Crippen LogP contribution in [0.5, 0.6) is 5.75 Å². The number of aromatic nitrogens is 1. The molecule has 1 heterocycles. The van der Waals surface area contributed by atoms with Crippen molar-refractivity contribution in [1.82, 2.24) is 4.98 Å². The number of halogens is 1. The van der Waals surface area contributed by atoms with Crippen molar-refractivity contribution in [3.8, 4) is 5.75 Å². The molecule has 0 saturated carbocycles. The number of para-hydroxylation sites is 1. The summed E-state index contributed by atoms with van der Waals surface area (Å²) in [5, 5.41) is 3.94. The van der Waals surface area contributed by atoms with Crippen molar-refractivity contribution in [2.75, 3.05) is 12.4 Å². The third-order valence-electron chi connectivity index (χ3n) is 3.22. The molecule has 4 heteroatoms. The average molecular weight is 291 g/mol. The van der Waals surface area contributed by atoms with Crippen LogP contribution in [-0.2, 0) is 6.42 Å². The molecule has 0 aliphatic carbocycles. The fraction of sp³-hybridized carbons (Fsp3) is 0.312. The van der Waals surface area contributed by atoms with E-state index in [4.69, 9.17) is 16.3 Å². The maximum absolute atomic E-state index is 6.14. The molecule has 0 bridgehead atoms. The Kier molecular flexibility index (Phi) is 4.85. The Labute approximate surface area is 124 Å². The molecule has 0 saturated heterocycles. The largest absolute Gasteiger partial charge is 0.496 e. The summed E-state index contributed by atoms with van der Waals surface area (Å²) in [6.45, 7) is 4.14. The van der Waals surface area contributed by atoms with Crippen LogP contribution in [-0.4, -0.2) is 18.1 Å². The second kappa shape index (κ2) is 6.62. The number of hydrogen-bond acceptors (Lipinski definition) is 3. The van der Waals surface area contributed by atoms with Crippen molar-refractivity contribution in [1.29, 1.82) is 0 Å². The van der Waals surface area contributed by atoms with Crippen molar-refractivity contribution in [3.63, 3.8) is 0 Å². The lowest BCUT2D eigenvalue weighted by Gasteiger charge is -2.19. The number of benzene rings is 1. The zero-order chi connectivity index (χ0) is 14.5. The number of methoxy groups -OCH3 is 1. The smallest absolute Gasteiger partial charge is 0.152 e. The van der Waals surface area contributed by atoms with Crippen LogP contribution >= 0.6 is 11.6 Å². The highest BCUT2D eigenvalue weighted by molar-refractivity contribution is 6.32. The molecule has 3 nitrogen and oxygen atoms in total. The highest BCUT2D eigenvalue weighted by atomic mass is 35.5. The lowest BCUT2D eigenvalue weighted by molar-refractivity contribution is 0.409. The molecule has 0 amide bonds. The van der Waals surface area contributed by atoms with Crippen LogP contribution in [0, 0.1) is 6.92 Å². The fourth-order valence-electron chi connectivity index (χ4n) is 2.20. The van der Waals surface area contributed by atoms with E-state index in [-0.39, 0.29) is 6.04 Å². The topological polar surface area (TPSA) is 34.1 Å². The molecule has 0 aliphatic rings. The molecule has 106 valence electrons. The Bertz CT molecular complexity index is 566. The lowest BCUT2D eigenvalue weighted by Crippen LogP contribution is -2.19. The van der Waals surface area contributed by atoms with Crippen LogP contribution in [0.3, 0.4) is 0 Å². The summed E-state index contributed by atoms with van der Waals surface area (Å²) in [4.78, 5) is 4.11. The molecule has 1 aromatic carbocycles. The van der Waals surface area contributed by atoms with E-state index in [0.717, 1.165) is 23.4 Å². The number of nitrogens with one attached hydrogen (secondary N) is 1. The Morgan fingerprint density at radius 3 is 2.75 bits per heavy atom. The fourth-order valence-corrected chi connectivity index (χ4v) is 2.46. The first-order valence-corrected chi connectivity index (χ1v) is 6.99. The van der Waals surface area contributed by atoms with E-state index in [1.807, 2.05) is 31.2 Å². The van der Waals surface area contributed by atoms with Gasteiger partial charge in [0.15, 0.2) is 5.15 Å². The zero-order valence-corrected chi connectivity index (χ0v) is 12.7. The van der Waals surface area contributed by atoms with Crippen LogP contribution in [0.2, 0.25) is 5.15 Å². The average Bonchev–Trinajstić information content (AvgIpc) is 2.44. The van der Waals surface area contributed by atoms with Gasteiger partial charge in [0, 0.05) is 12.2 Å². The quantitative estimate of drug-likeness (QED) is 0.842. The van der Waals surface area contributed by atoms with Crippen molar-refractivity contribution in [2.24, 2.45) is 0 Å². The van der Waals surface area contributed by atoms with E-state index in [9.17, 15) is 0 Å². The van der Waals surface area contributed by atoms with Gasteiger partial charge in [-0.3, -0.25) is 0 Å². The second-order valence-electron chi connectivity index (χ2n) is 4.86. The molecule has 1 atom stereocenters. The standard InChI is InChI=1S/C16H19ClN2O/c1-11-8-9-18-16(17)15(11)19-12(2)10-13-6-4-5-7-14(13)20-3/h4-9,12,19H,10H2,1-3H3. The van der Waals surface area contributed by atoms with Gasteiger partial charge in [-0.2, -0.15) is 0 Å². The Morgan fingerprint density at radius 2 is 2.05 bits per heavy atom. The van der Waals surface area contributed by atoms with E-state index in [2.05, 4.69) is 23.3 Å². The summed E-state index contributed by atoms with van der Waals surface area (Å²) < 4.78 is 5.38. The van der Waals surface area contributed by atoms with Gasteiger partial charge in [-0.25, -0.2) is 4.98 Å². The SMILES string of the molecule is COc1ccccc1CC(C)Nc1c(C)ccnc1Cl. The number of hydrogen-bond donors (Lipinski definition) is 1. The van der Waals surface area contributed by atoms with Gasteiger partial charge >= 0.3 is 0 Å². The highest BCUT2D eigenvalue weighted by Gasteiger charge is 2.11. The van der Waals surface area contributed by atoms with Crippen LogP contribution in [0.1, 0.15) is 18.1 Å². The van der Waals surface area contributed by atoms with Gasteiger partial charge < -0.3 is 10.1 Å².